The number of carbonyl (C=O) groups is 1. The molecule has 0 spiro atoms. The van der Waals surface area contributed by atoms with Crippen molar-refractivity contribution in [1.82, 2.24) is 9.80 Å². The van der Waals surface area contributed by atoms with Crippen LogP contribution in [0.15, 0.2) is 18.2 Å². The first-order chi connectivity index (χ1) is 12.5. The van der Waals surface area contributed by atoms with Crippen molar-refractivity contribution in [1.29, 1.82) is 0 Å². The summed E-state index contributed by atoms with van der Waals surface area (Å²) in [7, 11) is 1.91. The average molecular weight is 362 g/mol. The van der Waals surface area contributed by atoms with Crippen molar-refractivity contribution in [3.05, 3.63) is 23.8 Å². The minimum Gasteiger partial charge on any atom is -0.494 e. The monoisotopic (exact) mass is 361 g/mol. The molecular weight excluding hydrogens is 326 g/mol. The number of hydrogen-bond donors (Lipinski definition) is 1. The van der Waals surface area contributed by atoms with Gasteiger partial charge in [-0.3, -0.25) is 0 Å². The molecule has 2 atom stereocenters. The van der Waals surface area contributed by atoms with Crippen LogP contribution in [0, 0.1) is 12.8 Å². The van der Waals surface area contributed by atoms with Crippen LogP contribution in [0.3, 0.4) is 0 Å². The van der Waals surface area contributed by atoms with E-state index in [0.29, 0.717) is 5.92 Å². The Morgan fingerprint density at radius 1 is 1.38 bits per heavy atom. The number of benzene rings is 1. The van der Waals surface area contributed by atoms with E-state index in [1.165, 1.54) is 0 Å². The fourth-order valence-corrected chi connectivity index (χ4v) is 3.64. The molecule has 0 radical (unpaired) electrons. The predicted molar refractivity (Wildman–Crippen MR) is 108 cm³/mol. The summed E-state index contributed by atoms with van der Waals surface area (Å²) in [5, 5.41) is 3.07. The Bertz CT molecular complexity index is 591. The molecule has 5 heteroatoms. The fraction of sp³-hybridized carbons (Fsp3) is 0.667. The number of nitrogens with zero attached hydrogens (tertiary/aromatic N) is 2. The van der Waals surface area contributed by atoms with E-state index in [0.717, 1.165) is 62.5 Å². The van der Waals surface area contributed by atoms with E-state index in [1.807, 2.05) is 37.1 Å². The van der Waals surface area contributed by atoms with Gasteiger partial charge in [-0.25, -0.2) is 4.79 Å². The third-order valence-corrected chi connectivity index (χ3v) is 5.42. The summed E-state index contributed by atoms with van der Waals surface area (Å²) >= 11 is 0. The van der Waals surface area contributed by atoms with Crippen LogP contribution < -0.4 is 10.1 Å². The van der Waals surface area contributed by atoms with Crippen molar-refractivity contribution in [2.75, 3.05) is 38.6 Å². The van der Waals surface area contributed by atoms with Crippen molar-refractivity contribution in [2.45, 2.75) is 53.0 Å². The maximum Gasteiger partial charge on any atom is 0.321 e. The Morgan fingerprint density at radius 3 is 2.77 bits per heavy atom. The van der Waals surface area contributed by atoms with Gasteiger partial charge in [-0.1, -0.05) is 27.2 Å². The first kappa shape index (κ1) is 20.6. The summed E-state index contributed by atoms with van der Waals surface area (Å²) in [6.07, 6.45) is 3.20. The van der Waals surface area contributed by atoms with E-state index in [2.05, 4.69) is 31.0 Å². The van der Waals surface area contributed by atoms with E-state index >= 15 is 0 Å². The van der Waals surface area contributed by atoms with Crippen molar-refractivity contribution >= 4 is 11.7 Å². The molecule has 1 aliphatic rings. The molecule has 1 aliphatic heterocycles. The zero-order valence-corrected chi connectivity index (χ0v) is 17.0. The highest BCUT2D eigenvalue weighted by Gasteiger charge is 2.30. The van der Waals surface area contributed by atoms with Crippen molar-refractivity contribution in [3.8, 4) is 5.75 Å². The second-order valence-electron chi connectivity index (χ2n) is 7.45. The van der Waals surface area contributed by atoms with Gasteiger partial charge in [0.1, 0.15) is 5.75 Å². The topological polar surface area (TPSA) is 44.8 Å². The standard InChI is InChI=1S/C21H35N3O2/c1-6-8-13-26-18-9-10-19(16(3)14-18)22-21(25)23(5)20-11-12-24(7-2)15-17(20)4/h9-10,14,17,20H,6-8,11-13,15H2,1-5H3,(H,22,25)/t17-,20+/m1/s1. The van der Waals surface area contributed by atoms with Gasteiger partial charge in [0, 0.05) is 31.9 Å². The molecule has 0 saturated carbocycles. The highest BCUT2D eigenvalue weighted by molar-refractivity contribution is 5.90. The van der Waals surface area contributed by atoms with Crippen molar-refractivity contribution < 1.29 is 9.53 Å². The molecule has 1 N–H and O–H groups in total. The lowest BCUT2D eigenvalue weighted by Crippen LogP contribution is -2.51. The molecule has 2 rings (SSSR count). The number of anilines is 1. The van der Waals surface area contributed by atoms with E-state index in [1.54, 1.807) is 0 Å². The number of rotatable bonds is 7. The summed E-state index contributed by atoms with van der Waals surface area (Å²) in [6, 6.07) is 6.11. The van der Waals surface area contributed by atoms with Gasteiger partial charge in [-0.2, -0.15) is 0 Å². The molecule has 1 aromatic rings. The van der Waals surface area contributed by atoms with E-state index in [-0.39, 0.29) is 12.1 Å². The maximum atomic E-state index is 12.7. The van der Waals surface area contributed by atoms with E-state index < -0.39 is 0 Å². The zero-order valence-electron chi connectivity index (χ0n) is 17.0. The lowest BCUT2D eigenvalue weighted by molar-refractivity contribution is 0.101. The van der Waals surface area contributed by atoms with Crippen LogP contribution in [0.2, 0.25) is 0 Å². The molecular formula is C21H35N3O2. The first-order valence-corrected chi connectivity index (χ1v) is 9.95. The summed E-state index contributed by atoms with van der Waals surface area (Å²) in [5.74, 6) is 1.35. The maximum absolute atomic E-state index is 12.7. The number of piperidine rings is 1. The number of likely N-dealkylation sites (tertiary alicyclic amines) is 1. The highest BCUT2D eigenvalue weighted by atomic mass is 16.5. The zero-order chi connectivity index (χ0) is 19.1. The Balaban J connectivity index is 1.94. The number of ether oxygens (including phenoxy) is 1. The number of hydrogen-bond acceptors (Lipinski definition) is 3. The third kappa shape index (κ3) is 5.37. The minimum atomic E-state index is -0.0328. The Labute approximate surface area is 158 Å². The van der Waals surface area contributed by atoms with Crippen molar-refractivity contribution in [3.63, 3.8) is 0 Å². The van der Waals surface area contributed by atoms with Gasteiger partial charge in [0.05, 0.1) is 6.61 Å². The quantitative estimate of drug-likeness (QED) is 0.734. The molecule has 146 valence electrons. The Hall–Kier alpha value is -1.75. The van der Waals surface area contributed by atoms with E-state index in [4.69, 9.17) is 4.74 Å². The molecule has 26 heavy (non-hydrogen) atoms. The molecule has 1 fully saturated rings. The Kier molecular flexibility index (Phi) is 7.76. The highest BCUT2D eigenvalue weighted by Crippen LogP contribution is 2.24. The summed E-state index contributed by atoms with van der Waals surface area (Å²) < 4.78 is 5.74. The summed E-state index contributed by atoms with van der Waals surface area (Å²) in [6.45, 7) is 12.5. The van der Waals surface area contributed by atoms with Gasteiger partial charge in [0.25, 0.3) is 0 Å². The van der Waals surface area contributed by atoms with Crippen LogP contribution in [0.5, 0.6) is 5.75 Å². The molecule has 5 nitrogen and oxygen atoms in total. The number of nitrogens with one attached hydrogen (secondary N) is 1. The molecule has 2 amide bonds. The minimum absolute atomic E-state index is 0.0328. The number of unbranched alkanes of at least 4 members (excludes halogenated alkanes) is 1. The van der Waals surface area contributed by atoms with Crippen molar-refractivity contribution in [2.24, 2.45) is 5.92 Å². The van der Waals surface area contributed by atoms with Crippen LogP contribution in [-0.4, -0.2) is 55.2 Å². The van der Waals surface area contributed by atoms with E-state index in [9.17, 15) is 4.79 Å². The normalized spacial score (nSPS) is 20.7. The summed E-state index contributed by atoms with van der Waals surface area (Å²) in [5.41, 5.74) is 1.87. The molecule has 1 heterocycles. The molecule has 0 aromatic heterocycles. The second kappa shape index (κ2) is 9.81. The lowest BCUT2D eigenvalue weighted by Gasteiger charge is -2.40. The van der Waals surface area contributed by atoms with Crippen LogP contribution in [-0.2, 0) is 0 Å². The van der Waals surface area contributed by atoms with Crippen LogP contribution in [0.4, 0.5) is 10.5 Å². The van der Waals surface area contributed by atoms with Gasteiger partial charge in [0.15, 0.2) is 0 Å². The smallest absolute Gasteiger partial charge is 0.321 e. The Morgan fingerprint density at radius 2 is 2.15 bits per heavy atom. The number of amides is 2. The fourth-order valence-electron chi connectivity index (χ4n) is 3.64. The van der Waals surface area contributed by atoms with Gasteiger partial charge < -0.3 is 19.9 Å². The average Bonchev–Trinajstić information content (AvgIpc) is 2.63. The van der Waals surface area contributed by atoms with Crippen LogP contribution >= 0.6 is 0 Å². The van der Waals surface area contributed by atoms with Gasteiger partial charge in [-0.05, 0) is 56.0 Å². The SMILES string of the molecule is CCCCOc1ccc(NC(=O)N(C)[C@H]2CCN(CC)C[C@H]2C)c(C)c1. The van der Waals surface area contributed by atoms with Gasteiger partial charge >= 0.3 is 6.03 Å². The molecule has 0 unspecified atom stereocenters. The third-order valence-electron chi connectivity index (χ3n) is 5.42. The number of aryl methyl sites for hydroxylation is 1. The van der Waals surface area contributed by atoms with Gasteiger partial charge in [0.2, 0.25) is 0 Å². The van der Waals surface area contributed by atoms with Crippen LogP contribution in [0.1, 0.15) is 45.6 Å². The molecule has 0 bridgehead atoms. The lowest BCUT2D eigenvalue weighted by atomic mass is 9.93. The first-order valence-electron chi connectivity index (χ1n) is 9.95. The largest absolute Gasteiger partial charge is 0.494 e. The summed E-state index contributed by atoms with van der Waals surface area (Å²) in [4.78, 5) is 17.1. The number of carbonyl (C=O) groups excluding carboxylic acids is 1. The molecule has 1 saturated heterocycles. The van der Waals surface area contributed by atoms with Crippen LogP contribution in [0.25, 0.3) is 0 Å². The molecule has 1 aromatic carbocycles. The van der Waals surface area contributed by atoms with Gasteiger partial charge in [-0.15, -0.1) is 0 Å². The molecule has 0 aliphatic carbocycles. The predicted octanol–water partition coefficient (Wildman–Crippen LogP) is 4.37. The second-order valence-corrected chi connectivity index (χ2v) is 7.45. The number of urea groups is 1.